The highest BCUT2D eigenvalue weighted by molar-refractivity contribution is 4.56. The number of hydrogen-bond acceptors (Lipinski definition) is 1. The van der Waals surface area contributed by atoms with Crippen LogP contribution in [0.3, 0.4) is 0 Å². The van der Waals surface area contributed by atoms with Gasteiger partial charge in [-0.1, -0.05) is 0 Å². The molecule has 52 valence electrons. The van der Waals surface area contributed by atoms with E-state index < -0.39 is 0 Å². The van der Waals surface area contributed by atoms with Crippen LogP contribution in [0.2, 0.25) is 0 Å². The van der Waals surface area contributed by atoms with E-state index in [1.165, 1.54) is 0 Å². The van der Waals surface area contributed by atoms with Gasteiger partial charge in [-0.2, -0.15) is 0 Å². The molecule has 0 aliphatic heterocycles. The van der Waals surface area contributed by atoms with Crippen molar-refractivity contribution in [2.45, 2.75) is 19.9 Å². The summed E-state index contributed by atoms with van der Waals surface area (Å²) in [5.74, 6) is 0. The molecule has 9 heavy (non-hydrogen) atoms. The fourth-order valence-corrected chi connectivity index (χ4v) is 0.622. The molecule has 1 rings (SSSR count). The van der Waals surface area contributed by atoms with E-state index in [2.05, 4.69) is 23.4 Å². The van der Waals surface area contributed by atoms with Crippen LogP contribution in [0.4, 0.5) is 0 Å². The van der Waals surface area contributed by atoms with Crippen LogP contribution in [-0.4, -0.2) is 10.5 Å². The standard InChI is InChI=1S/C6H10N2.H2O/c1-6(2)8-4-3-7-5-8;/h3-6H,1-2H3;1H2. The number of H-pyrrole nitrogens is 1. The molecular weight excluding hydrogens is 116 g/mol. The summed E-state index contributed by atoms with van der Waals surface area (Å²) in [5.41, 5.74) is 0. The Hall–Kier alpha value is -0.830. The zero-order valence-electron chi connectivity index (χ0n) is 5.70. The van der Waals surface area contributed by atoms with Gasteiger partial charge in [0.15, 0.2) is 0 Å². The lowest BCUT2D eigenvalue weighted by atomic mass is 10.4. The van der Waals surface area contributed by atoms with E-state index in [9.17, 15) is 0 Å². The zero-order chi connectivity index (χ0) is 5.98. The Morgan fingerprint density at radius 3 is 2.33 bits per heavy atom. The minimum absolute atomic E-state index is 0. The maximum Gasteiger partial charge on any atom is 0.241 e. The van der Waals surface area contributed by atoms with Crippen LogP contribution in [0.1, 0.15) is 19.9 Å². The molecule has 0 spiro atoms. The number of rotatable bonds is 1. The van der Waals surface area contributed by atoms with Crippen molar-refractivity contribution in [3.63, 3.8) is 0 Å². The first-order chi connectivity index (χ1) is 3.80. The quantitative estimate of drug-likeness (QED) is 0.556. The fourth-order valence-electron chi connectivity index (χ4n) is 0.622. The highest BCUT2D eigenvalue weighted by atomic mass is 16.0. The SMILES string of the molecule is CC(C)[n+]1cc[nH]c1.[OH-]. The predicted molar refractivity (Wildman–Crippen MR) is 33.3 cm³/mol. The van der Waals surface area contributed by atoms with Gasteiger partial charge in [-0.25, -0.2) is 4.57 Å². The van der Waals surface area contributed by atoms with Crippen LogP contribution in [0.5, 0.6) is 0 Å². The van der Waals surface area contributed by atoms with E-state index in [4.69, 9.17) is 0 Å². The lowest BCUT2D eigenvalue weighted by molar-refractivity contribution is -0.714. The van der Waals surface area contributed by atoms with Gasteiger partial charge in [0.25, 0.3) is 0 Å². The molecule has 0 unspecified atom stereocenters. The first-order valence-corrected chi connectivity index (χ1v) is 2.84. The monoisotopic (exact) mass is 128 g/mol. The van der Waals surface area contributed by atoms with Gasteiger partial charge in [0, 0.05) is 0 Å². The Morgan fingerprint density at radius 1 is 1.44 bits per heavy atom. The summed E-state index contributed by atoms with van der Waals surface area (Å²) in [7, 11) is 0. The summed E-state index contributed by atoms with van der Waals surface area (Å²) < 4.78 is 2.11. The molecule has 0 fully saturated rings. The van der Waals surface area contributed by atoms with Gasteiger partial charge in [-0.3, -0.25) is 4.98 Å². The van der Waals surface area contributed by atoms with Crippen LogP contribution < -0.4 is 4.57 Å². The Morgan fingerprint density at radius 2 is 2.11 bits per heavy atom. The molecule has 0 aliphatic carbocycles. The van der Waals surface area contributed by atoms with Crippen molar-refractivity contribution in [3.05, 3.63) is 18.7 Å². The first kappa shape index (κ1) is 8.17. The van der Waals surface area contributed by atoms with Gasteiger partial charge in [-0.05, 0) is 13.8 Å². The summed E-state index contributed by atoms with van der Waals surface area (Å²) in [6, 6.07) is 0.571. The lowest BCUT2D eigenvalue weighted by Crippen LogP contribution is -2.32. The summed E-state index contributed by atoms with van der Waals surface area (Å²) in [6.07, 6.45) is 5.88. The van der Waals surface area contributed by atoms with Crippen molar-refractivity contribution >= 4 is 0 Å². The highest BCUT2D eigenvalue weighted by Crippen LogP contribution is 1.86. The number of nitrogens with one attached hydrogen (secondary N) is 1. The van der Waals surface area contributed by atoms with Gasteiger partial charge in [-0.15, -0.1) is 0 Å². The second-order valence-electron chi connectivity index (χ2n) is 2.15. The van der Waals surface area contributed by atoms with Gasteiger partial charge >= 0.3 is 0 Å². The van der Waals surface area contributed by atoms with Crippen LogP contribution in [0, 0.1) is 0 Å². The van der Waals surface area contributed by atoms with E-state index in [1.807, 2.05) is 18.7 Å². The Labute approximate surface area is 54.6 Å². The van der Waals surface area contributed by atoms with Crippen LogP contribution in [-0.2, 0) is 0 Å². The van der Waals surface area contributed by atoms with Gasteiger partial charge in [0.05, 0.1) is 6.04 Å². The molecule has 0 aliphatic rings. The lowest BCUT2D eigenvalue weighted by Gasteiger charge is -1.94. The fraction of sp³-hybridized carbons (Fsp3) is 0.500. The number of hydrogen-bond donors (Lipinski definition) is 1. The predicted octanol–water partition coefficient (Wildman–Crippen LogP) is 0.706. The van der Waals surface area contributed by atoms with Gasteiger partial charge in [0.2, 0.25) is 6.33 Å². The molecule has 3 heteroatoms. The van der Waals surface area contributed by atoms with E-state index in [-0.39, 0.29) is 5.48 Å². The molecule has 0 radical (unpaired) electrons. The maximum absolute atomic E-state index is 2.97. The van der Waals surface area contributed by atoms with Crippen molar-refractivity contribution in [2.24, 2.45) is 0 Å². The van der Waals surface area contributed by atoms with Gasteiger partial charge in [0.1, 0.15) is 12.4 Å². The average Bonchev–Trinajstić information content (AvgIpc) is 2.12. The normalized spacial score (nSPS) is 9.22. The van der Waals surface area contributed by atoms with E-state index >= 15 is 0 Å². The van der Waals surface area contributed by atoms with Crippen molar-refractivity contribution in [3.8, 4) is 0 Å². The van der Waals surface area contributed by atoms with Crippen LogP contribution >= 0.6 is 0 Å². The van der Waals surface area contributed by atoms with Crippen molar-refractivity contribution in [2.75, 3.05) is 0 Å². The number of nitrogens with zero attached hydrogens (tertiary/aromatic N) is 1. The van der Waals surface area contributed by atoms with Gasteiger partial charge < -0.3 is 5.48 Å². The van der Waals surface area contributed by atoms with Crippen molar-refractivity contribution < 1.29 is 10.0 Å². The minimum atomic E-state index is 0. The second kappa shape index (κ2) is 3.25. The van der Waals surface area contributed by atoms with Crippen molar-refractivity contribution in [1.29, 1.82) is 0 Å². The molecule has 0 saturated carbocycles. The molecule has 3 nitrogen and oxygen atoms in total. The number of imidazole rings is 1. The zero-order valence-corrected chi connectivity index (χ0v) is 5.70. The van der Waals surface area contributed by atoms with Crippen LogP contribution in [0.15, 0.2) is 18.7 Å². The highest BCUT2D eigenvalue weighted by Gasteiger charge is 1.98. The smallest absolute Gasteiger partial charge is 0.241 e. The Bertz CT molecular complexity index is 146. The Balaban J connectivity index is 0.000000640. The van der Waals surface area contributed by atoms with Crippen molar-refractivity contribution in [1.82, 2.24) is 4.98 Å². The molecule has 0 amide bonds. The molecule has 1 aromatic heterocycles. The summed E-state index contributed by atoms with van der Waals surface area (Å²) in [5, 5.41) is 0. The third-order valence-corrected chi connectivity index (χ3v) is 1.16. The van der Waals surface area contributed by atoms with E-state index in [0.717, 1.165) is 0 Å². The summed E-state index contributed by atoms with van der Waals surface area (Å²) in [4.78, 5) is 2.97. The maximum atomic E-state index is 2.97. The molecule has 0 aromatic carbocycles. The molecule has 2 N–H and O–H groups in total. The number of aromatic amines is 1. The summed E-state index contributed by atoms with van der Waals surface area (Å²) >= 11 is 0. The number of aromatic nitrogens is 2. The largest absolute Gasteiger partial charge is 0.870 e. The molecular formula is C6H12N2O. The molecule has 1 aromatic rings. The first-order valence-electron chi connectivity index (χ1n) is 2.84. The third-order valence-electron chi connectivity index (χ3n) is 1.16. The topological polar surface area (TPSA) is 49.7 Å². The van der Waals surface area contributed by atoms with E-state index in [0.29, 0.717) is 6.04 Å². The average molecular weight is 128 g/mol. The Kier molecular flexibility index (Phi) is 2.95. The second-order valence-corrected chi connectivity index (χ2v) is 2.15. The molecule has 1 heterocycles. The van der Waals surface area contributed by atoms with Crippen LogP contribution in [0.25, 0.3) is 0 Å². The molecule has 0 bridgehead atoms. The van der Waals surface area contributed by atoms with E-state index in [1.54, 1.807) is 0 Å². The summed E-state index contributed by atoms with van der Waals surface area (Å²) in [6.45, 7) is 4.29. The third kappa shape index (κ3) is 1.85. The molecule has 0 atom stereocenters. The minimum Gasteiger partial charge on any atom is -0.870 e. The molecule has 0 saturated heterocycles.